The predicted molar refractivity (Wildman–Crippen MR) is 48.2 cm³/mol. The minimum atomic E-state index is -0.0173. The van der Waals surface area contributed by atoms with Crippen LogP contribution in [0.1, 0.15) is 0 Å². The highest BCUT2D eigenvalue weighted by Crippen LogP contribution is 2.20. The molecular weight excluding hydrogens is 206 g/mol. The van der Waals surface area contributed by atoms with Crippen molar-refractivity contribution in [1.29, 1.82) is 5.41 Å². The van der Waals surface area contributed by atoms with E-state index in [1.54, 1.807) is 12.3 Å². The van der Waals surface area contributed by atoms with Gasteiger partial charge in [-0.2, -0.15) is 5.10 Å². The third-order valence-electron chi connectivity index (χ3n) is 1.66. The lowest BCUT2D eigenvalue weighted by atomic mass is 10.00. The zero-order valence-corrected chi connectivity index (χ0v) is 7.22. The zero-order chi connectivity index (χ0) is 7.84. The highest BCUT2D eigenvalue weighted by molar-refractivity contribution is 9.11. The van der Waals surface area contributed by atoms with E-state index in [1.807, 2.05) is 6.08 Å². The molecule has 0 aromatic heterocycles. The number of hydrogen-bond acceptors (Lipinski definition) is 3. The molecule has 0 fully saturated rings. The second kappa shape index (κ2) is 2.30. The van der Waals surface area contributed by atoms with Gasteiger partial charge in [0.05, 0.1) is 11.9 Å². The summed E-state index contributed by atoms with van der Waals surface area (Å²) in [4.78, 5) is 0. The summed E-state index contributed by atoms with van der Waals surface area (Å²) in [5, 5.41) is 11.4. The minimum Gasteiger partial charge on any atom is -0.303 e. The Kier molecular flexibility index (Phi) is 1.42. The van der Waals surface area contributed by atoms with E-state index in [0.29, 0.717) is 5.71 Å². The van der Waals surface area contributed by atoms with Crippen LogP contribution < -0.4 is 5.43 Å². The van der Waals surface area contributed by atoms with E-state index in [-0.39, 0.29) is 6.04 Å². The van der Waals surface area contributed by atoms with Crippen LogP contribution in [-0.2, 0) is 0 Å². The molecule has 3 nitrogen and oxygen atoms in total. The Labute approximate surface area is 72.5 Å². The fourth-order valence-electron chi connectivity index (χ4n) is 1.14. The maximum atomic E-state index is 7.56. The first-order valence-electron chi connectivity index (χ1n) is 3.23. The molecule has 11 heavy (non-hydrogen) atoms. The van der Waals surface area contributed by atoms with Crippen molar-refractivity contribution in [2.45, 2.75) is 6.04 Å². The number of fused-ring (bicyclic) bond motifs is 1. The van der Waals surface area contributed by atoms with Gasteiger partial charge >= 0.3 is 0 Å². The first-order valence-corrected chi connectivity index (χ1v) is 4.02. The number of hydrogen-bond donors (Lipinski definition) is 2. The molecule has 4 heteroatoms. The van der Waals surface area contributed by atoms with Crippen LogP contribution >= 0.6 is 15.9 Å². The molecule has 2 aliphatic rings. The van der Waals surface area contributed by atoms with Crippen LogP contribution in [0, 0.1) is 5.41 Å². The van der Waals surface area contributed by atoms with Gasteiger partial charge in [-0.05, 0) is 12.2 Å². The molecule has 2 rings (SSSR count). The van der Waals surface area contributed by atoms with Gasteiger partial charge in [-0.15, -0.1) is 0 Å². The van der Waals surface area contributed by atoms with Gasteiger partial charge in [-0.1, -0.05) is 15.9 Å². The largest absolute Gasteiger partial charge is 0.303 e. The van der Waals surface area contributed by atoms with Crippen molar-refractivity contribution >= 4 is 27.9 Å². The summed E-state index contributed by atoms with van der Waals surface area (Å²) in [7, 11) is 0. The van der Waals surface area contributed by atoms with Crippen LogP contribution in [0.25, 0.3) is 0 Å². The average molecular weight is 212 g/mol. The summed E-state index contributed by atoms with van der Waals surface area (Å²) in [5.74, 6) is 0. The van der Waals surface area contributed by atoms with E-state index >= 15 is 0 Å². The van der Waals surface area contributed by atoms with Crippen LogP contribution in [0.3, 0.4) is 0 Å². The third kappa shape index (κ3) is 1.03. The second-order valence-electron chi connectivity index (χ2n) is 2.45. The first-order chi connectivity index (χ1) is 5.27. The smallest absolute Gasteiger partial charge is 0.112 e. The molecular formula is C7H6BrN3. The van der Waals surface area contributed by atoms with E-state index in [4.69, 9.17) is 5.41 Å². The van der Waals surface area contributed by atoms with Crippen molar-refractivity contribution in [3.05, 3.63) is 22.2 Å². The first kappa shape index (κ1) is 6.79. The van der Waals surface area contributed by atoms with E-state index < -0.39 is 0 Å². The molecule has 1 atom stereocenters. The fourth-order valence-corrected chi connectivity index (χ4v) is 1.65. The van der Waals surface area contributed by atoms with Crippen molar-refractivity contribution in [3.63, 3.8) is 0 Å². The van der Waals surface area contributed by atoms with Crippen LogP contribution in [0.5, 0.6) is 0 Å². The Morgan fingerprint density at radius 2 is 2.36 bits per heavy atom. The minimum absolute atomic E-state index is 0.0173. The van der Waals surface area contributed by atoms with Crippen molar-refractivity contribution in [1.82, 2.24) is 5.43 Å². The quantitative estimate of drug-likeness (QED) is 0.622. The summed E-state index contributed by atoms with van der Waals surface area (Å²) in [6, 6.07) is -0.0173. The van der Waals surface area contributed by atoms with E-state index in [0.717, 1.165) is 10.1 Å². The summed E-state index contributed by atoms with van der Waals surface area (Å²) in [5.41, 5.74) is 4.43. The Balaban J connectivity index is 2.42. The van der Waals surface area contributed by atoms with Crippen molar-refractivity contribution < 1.29 is 0 Å². The van der Waals surface area contributed by atoms with Crippen molar-refractivity contribution in [3.8, 4) is 0 Å². The molecule has 1 aliphatic carbocycles. The van der Waals surface area contributed by atoms with Gasteiger partial charge in [0.15, 0.2) is 0 Å². The summed E-state index contributed by atoms with van der Waals surface area (Å²) >= 11 is 3.32. The van der Waals surface area contributed by atoms with Crippen molar-refractivity contribution in [2.75, 3.05) is 0 Å². The van der Waals surface area contributed by atoms with Gasteiger partial charge in [0.25, 0.3) is 0 Å². The lowest BCUT2D eigenvalue weighted by molar-refractivity contribution is 0.771. The molecule has 0 saturated heterocycles. The molecule has 0 unspecified atom stereocenters. The van der Waals surface area contributed by atoms with Gasteiger partial charge in [0, 0.05) is 10.1 Å². The maximum Gasteiger partial charge on any atom is 0.112 e. The van der Waals surface area contributed by atoms with Gasteiger partial charge in [0.2, 0.25) is 0 Å². The summed E-state index contributed by atoms with van der Waals surface area (Å²) < 4.78 is 0.934. The number of nitrogens with one attached hydrogen (secondary N) is 2. The van der Waals surface area contributed by atoms with Gasteiger partial charge in [-0.25, -0.2) is 0 Å². The fraction of sp³-hybridized carbons (Fsp3) is 0.143. The van der Waals surface area contributed by atoms with Crippen LogP contribution in [-0.4, -0.2) is 18.0 Å². The molecule has 1 heterocycles. The lowest BCUT2D eigenvalue weighted by Crippen LogP contribution is -2.31. The van der Waals surface area contributed by atoms with Crippen LogP contribution in [0.4, 0.5) is 0 Å². The highest BCUT2D eigenvalue weighted by atomic mass is 79.9. The molecule has 0 aromatic rings. The Morgan fingerprint density at radius 1 is 1.55 bits per heavy atom. The number of hydrazone groups is 1. The van der Waals surface area contributed by atoms with E-state index in [1.165, 1.54) is 0 Å². The number of allylic oxidation sites excluding steroid dienone is 2. The zero-order valence-electron chi connectivity index (χ0n) is 5.63. The number of nitrogens with zero attached hydrogens (tertiary/aromatic N) is 1. The molecule has 0 spiro atoms. The molecule has 56 valence electrons. The monoisotopic (exact) mass is 211 g/mol. The van der Waals surface area contributed by atoms with Crippen molar-refractivity contribution in [2.24, 2.45) is 5.10 Å². The van der Waals surface area contributed by atoms with Gasteiger partial charge in [0.1, 0.15) is 6.04 Å². The van der Waals surface area contributed by atoms with E-state index in [2.05, 4.69) is 26.5 Å². The molecule has 2 N–H and O–H groups in total. The van der Waals surface area contributed by atoms with E-state index in [9.17, 15) is 0 Å². The number of halogens is 1. The molecule has 0 saturated carbocycles. The molecule has 1 aliphatic heterocycles. The highest BCUT2D eigenvalue weighted by Gasteiger charge is 2.23. The SMILES string of the molecule is N=C1C=C(Br)C=C2C=NN[C@H]12. The summed E-state index contributed by atoms with van der Waals surface area (Å²) in [6.07, 6.45) is 5.48. The second-order valence-corrected chi connectivity index (χ2v) is 3.36. The normalized spacial score (nSPS) is 27.4. The number of rotatable bonds is 0. The van der Waals surface area contributed by atoms with Crippen LogP contribution in [0.2, 0.25) is 0 Å². The lowest BCUT2D eigenvalue weighted by Gasteiger charge is -2.14. The summed E-state index contributed by atoms with van der Waals surface area (Å²) in [6.45, 7) is 0. The Hall–Kier alpha value is -0.900. The Morgan fingerprint density at radius 3 is 3.18 bits per heavy atom. The molecule has 0 bridgehead atoms. The molecule has 0 aromatic carbocycles. The molecule has 0 radical (unpaired) electrons. The molecule has 0 amide bonds. The Bertz CT molecular complexity index is 301. The topological polar surface area (TPSA) is 48.2 Å². The standard InChI is InChI=1S/C7H6BrN3/c8-5-1-4-3-10-11-7(4)6(9)2-5/h1-3,7,9,11H/t7-/m0/s1. The van der Waals surface area contributed by atoms with Gasteiger partial charge in [-0.3, -0.25) is 5.43 Å². The average Bonchev–Trinajstić information content (AvgIpc) is 2.34. The third-order valence-corrected chi connectivity index (χ3v) is 2.12. The van der Waals surface area contributed by atoms with Gasteiger partial charge < -0.3 is 5.41 Å². The maximum absolute atomic E-state index is 7.56. The van der Waals surface area contributed by atoms with Crippen LogP contribution in [0.15, 0.2) is 27.3 Å². The predicted octanol–water partition coefficient (Wildman–Crippen LogP) is 1.18.